The molecule has 2 heterocycles. The van der Waals surface area contributed by atoms with Crippen LogP contribution < -0.4 is 14.2 Å². The SMILES string of the molecule is CCN(Cc1cccc2c1OCCO2)C(=O)C1CCCN1C(=O)c1cc(Cl)ccc1OC. The number of carbonyl (C=O) groups is 2. The molecule has 0 bridgehead atoms. The predicted octanol–water partition coefficient (Wildman–Crippen LogP) is 3.77. The number of hydrogen-bond acceptors (Lipinski definition) is 5. The first kappa shape index (κ1) is 22.3. The molecule has 1 atom stereocenters. The van der Waals surface area contributed by atoms with E-state index in [2.05, 4.69) is 0 Å². The van der Waals surface area contributed by atoms with Gasteiger partial charge in [0.2, 0.25) is 5.91 Å². The van der Waals surface area contributed by atoms with E-state index in [1.165, 1.54) is 7.11 Å². The van der Waals surface area contributed by atoms with Crippen LogP contribution in [0.2, 0.25) is 5.02 Å². The molecule has 2 amide bonds. The van der Waals surface area contributed by atoms with Crippen molar-refractivity contribution in [2.45, 2.75) is 32.4 Å². The number of carbonyl (C=O) groups excluding carboxylic acids is 2. The molecule has 1 unspecified atom stereocenters. The molecule has 4 rings (SSSR count). The van der Waals surface area contributed by atoms with Gasteiger partial charge in [-0.2, -0.15) is 0 Å². The lowest BCUT2D eigenvalue weighted by Crippen LogP contribution is -2.47. The predicted molar refractivity (Wildman–Crippen MR) is 121 cm³/mol. The summed E-state index contributed by atoms with van der Waals surface area (Å²) in [4.78, 5) is 30.3. The zero-order valence-corrected chi connectivity index (χ0v) is 19.1. The molecule has 2 aromatic rings. The summed E-state index contributed by atoms with van der Waals surface area (Å²) in [5, 5.41) is 0.447. The van der Waals surface area contributed by atoms with Crippen molar-refractivity contribution in [3.63, 3.8) is 0 Å². The fraction of sp³-hybridized carbons (Fsp3) is 0.417. The van der Waals surface area contributed by atoms with Gasteiger partial charge in [-0.15, -0.1) is 0 Å². The maximum Gasteiger partial charge on any atom is 0.258 e. The molecule has 0 radical (unpaired) electrons. The number of fused-ring (bicyclic) bond motifs is 1. The average molecular weight is 459 g/mol. The van der Waals surface area contributed by atoms with Gasteiger partial charge in [0.05, 0.1) is 12.7 Å². The molecule has 0 aliphatic carbocycles. The molecule has 170 valence electrons. The van der Waals surface area contributed by atoms with Crippen molar-refractivity contribution in [2.24, 2.45) is 0 Å². The van der Waals surface area contributed by atoms with Gasteiger partial charge in [-0.25, -0.2) is 0 Å². The highest BCUT2D eigenvalue weighted by molar-refractivity contribution is 6.31. The molecule has 1 saturated heterocycles. The number of halogens is 1. The Hall–Kier alpha value is -2.93. The summed E-state index contributed by atoms with van der Waals surface area (Å²) in [7, 11) is 1.51. The second-order valence-electron chi connectivity index (χ2n) is 7.79. The number of likely N-dealkylation sites (N-methyl/N-ethyl adjacent to an activating group) is 1. The van der Waals surface area contributed by atoms with Gasteiger partial charge in [0.25, 0.3) is 5.91 Å². The first-order valence-corrected chi connectivity index (χ1v) is 11.2. The van der Waals surface area contributed by atoms with Crippen molar-refractivity contribution in [2.75, 3.05) is 33.4 Å². The number of hydrogen-bond donors (Lipinski definition) is 0. The fourth-order valence-electron chi connectivity index (χ4n) is 4.29. The Morgan fingerprint density at radius 3 is 2.81 bits per heavy atom. The van der Waals surface area contributed by atoms with Gasteiger partial charge >= 0.3 is 0 Å². The van der Waals surface area contributed by atoms with Crippen LogP contribution in [-0.2, 0) is 11.3 Å². The summed E-state index contributed by atoms with van der Waals surface area (Å²) in [5.74, 6) is 1.51. The molecule has 0 N–H and O–H groups in total. The van der Waals surface area contributed by atoms with E-state index in [0.29, 0.717) is 67.1 Å². The number of methoxy groups -OCH3 is 1. The van der Waals surface area contributed by atoms with E-state index in [0.717, 1.165) is 12.0 Å². The van der Waals surface area contributed by atoms with Gasteiger partial charge in [-0.05, 0) is 44.0 Å². The van der Waals surface area contributed by atoms with Gasteiger partial charge in [0, 0.05) is 30.2 Å². The molecular weight excluding hydrogens is 432 g/mol. The van der Waals surface area contributed by atoms with E-state index in [1.807, 2.05) is 25.1 Å². The summed E-state index contributed by atoms with van der Waals surface area (Å²) in [6.07, 6.45) is 1.39. The highest BCUT2D eigenvalue weighted by Crippen LogP contribution is 2.35. The van der Waals surface area contributed by atoms with Gasteiger partial charge in [0.15, 0.2) is 11.5 Å². The average Bonchev–Trinajstić information content (AvgIpc) is 3.31. The van der Waals surface area contributed by atoms with Crippen LogP contribution >= 0.6 is 11.6 Å². The third-order valence-corrected chi connectivity index (χ3v) is 6.13. The first-order chi connectivity index (χ1) is 15.5. The number of para-hydroxylation sites is 1. The summed E-state index contributed by atoms with van der Waals surface area (Å²) in [6, 6.07) is 10.1. The minimum atomic E-state index is -0.525. The molecular formula is C24H27ClN2O5. The second-order valence-corrected chi connectivity index (χ2v) is 8.23. The van der Waals surface area contributed by atoms with Crippen LogP contribution in [0.3, 0.4) is 0 Å². The Bertz CT molecular complexity index is 1010. The van der Waals surface area contributed by atoms with Crippen LogP contribution in [0.5, 0.6) is 17.2 Å². The highest BCUT2D eigenvalue weighted by Gasteiger charge is 2.37. The number of benzene rings is 2. The monoisotopic (exact) mass is 458 g/mol. The molecule has 0 aromatic heterocycles. The van der Waals surface area contributed by atoms with Crippen molar-refractivity contribution in [3.05, 3.63) is 52.5 Å². The number of rotatable bonds is 6. The highest BCUT2D eigenvalue weighted by atomic mass is 35.5. The third kappa shape index (κ3) is 4.35. The van der Waals surface area contributed by atoms with Crippen LogP contribution in [-0.4, -0.2) is 61.1 Å². The lowest BCUT2D eigenvalue weighted by molar-refractivity contribution is -0.135. The maximum atomic E-state index is 13.5. The Kier molecular flexibility index (Phi) is 6.74. The Labute approximate surface area is 192 Å². The van der Waals surface area contributed by atoms with Crippen molar-refractivity contribution >= 4 is 23.4 Å². The van der Waals surface area contributed by atoms with Gasteiger partial charge < -0.3 is 24.0 Å². The van der Waals surface area contributed by atoms with E-state index in [1.54, 1.807) is 28.0 Å². The lowest BCUT2D eigenvalue weighted by atomic mass is 10.1. The van der Waals surface area contributed by atoms with E-state index in [4.69, 9.17) is 25.8 Å². The van der Waals surface area contributed by atoms with Gasteiger partial charge in [-0.1, -0.05) is 23.7 Å². The zero-order valence-electron chi connectivity index (χ0n) is 18.3. The Balaban J connectivity index is 1.55. The quantitative estimate of drug-likeness (QED) is 0.659. The summed E-state index contributed by atoms with van der Waals surface area (Å²) >= 11 is 6.12. The van der Waals surface area contributed by atoms with E-state index in [-0.39, 0.29) is 11.8 Å². The van der Waals surface area contributed by atoms with Crippen LogP contribution in [0.1, 0.15) is 35.7 Å². The minimum Gasteiger partial charge on any atom is -0.496 e. The number of likely N-dealkylation sites (tertiary alicyclic amines) is 1. The van der Waals surface area contributed by atoms with Crippen LogP contribution in [0.15, 0.2) is 36.4 Å². The normalized spacial score (nSPS) is 17.2. The standard InChI is InChI=1S/C24H27ClN2O5/c1-3-26(15-16-6-4-8-21-22(16)32-13-12-31-21)24(29)19-7-5-11-27(19)23(28)18-14-17(25)9-10-20(18)30-2/h4,6,8-10,14,19H,3,5,7,11-13,15H2,1-2H3. The molecule has 0 spiro atoms. The first-order valence-electron chi connectivity index (χ1n) is 10.8. The van der Waals surface area contributed by atoms with E-state index >= 15 is 0 Å². The summed E-state index contributed by atoms with van der Waals surface area (Å²) < 4.78 is 16.8. The maximum absolute atomic E-state index is 13.5. The van der Waals surface area contributed by atoms with Gasteiger partial charge in [-0.3, -0.25) is 9.59 Å². The molecule has 8 heteroatoms. The molecule has 0 saturated carbocycles. The molecule has 7 nitrogen and oxygen atoms in total. The van der Waals surface area contributed by atoms with Crippen molar-refractivity contribution in [1.82, 2.24) is 9.80 Å². The number of ether oxygens (including phenoxy) is 3. The van der Waals surface area contributed by atoms with Crippen LogP contribution in [0.4, 0.5) is 0 Å². The Morgan fingerprint density at radius 2 is 2.03 bits per heavy atom. The van der Waals surface area contributed by atoms with Crippen molar-refractivity contribution in [1.29, 1.82) is 0 Å². The molecule has 32 heavy (non-hydrogen) atoms. The van der Waals surface area contributed by atoms with E-state index < -0.39 is 6.04 Å². The smallest absolute Gasteiger partial charge is 0.258 e. The molecule has 2 aliphatic heterocycles. The second kappa shape index (κ2) is 9.69. The van der Waals surface area contributed by atoms with Gasteiger partial charge in [0.1, 0.15) is 25.0 Å². The summed E-state index contributed by atoms with van der Waals surface area (Å²) in [6.45, 7) is 4.35. The zero-order chi connectivity index (χ0) is 22.7. The van der Waals surface area contributed by atoms with Crippen LogP contribution in [0, 0.1) is 0 Å². The largest absolute Gasteiger partial charge is 0.496 e. The van der Waals surface area contributed by atoms with Crippen LogP contribution in [0.25, 0.3) is 0 Å². The molecule has 2 aromatic carbocycles. The summed E-state index contributed by atoms with van der Waals surface area (Å²) in [5.41, 5.74) is 1.26. The number of nitrogens with zero attached hydrogens (tertiary/aromatic N) is 2. The van der Waals surface area contributed by atoms with E-state index in [9.17, 15) is 9.59 Å². The Morgan fingerprint density at radius 1 is 1.22 bits per heavy atom. The van der Waals surface area contributed by atoms with Crippen molar-refractivity contribution in [3.8, 4) is 17.2 Å². The number of amides is 2. The van der Waals surface area contributed by atoms with Crippen molar-refractivity contribution < 1.29 is 23.8 Å². The minimum absolute atomic E-state index is 0.0753. The molecule has 1 fully saturated rings. The fourth-order valence-corrected chi connectivity index (χ4v) is 4.46. The topological polar surface area (TPSA) is 68.3 Å². The third-order valence-electron chi connectivity index (χ3n) is 5.89. The lowest BCUT2D eigenvalue weighted by Gasteiger charge is -2.31. The molecule has 2 aliphatic rings.